The van der Waals surface area contributed by atoms with Gasteiger partial charge in [0.2, 0.25) is 0 Å². The van der Waals surface area contributed by atoms with Crippen LogP contribution in [0.25, 0.3) is 0 Å². The van der Waals surface area contributed by atoms with Gasteiger partial charge in [-0.05, 0) is 0 Å². The van der Waals surface area contributed by atoms with E-state index in [0.29, 0.717) is 0 Å². The molecule has 0 spiro atoms. The Morgan fingerprint density at radius 2 is 1.75 bits per heavy atom. The van der Waals surface area contributed by atoms with Gasteiger partial charge in [-0.2, -0.15) is 0 Å². The fourth-order valence-electron chi connectivity index (χ4n) is 1.27. The fraction of sp³-hybridized carbons (Fsp3) is 0. The molecule has 0 heterocycles. The topological polar surface area (TPSA) is 9.23 Å². The van der Waals surface area contributed by atoms with E-state index in [9.17, 15) is 0 Å². The zero-order chi connectivity index (χ0) is 11.4. The molecule has 16 heavy (non-hydrogen) atoms. The Hall–Kier alpha value is -0.878. The quantitative estimate of drug-likeness (QED) is 0.842. The van der Waals surface area contributed by atoms with Crippen LogP contribution >= 0.6 is 15.9 Å². The van der Waals surface area contributed by atoms with Crippen LogP contribution in [0.2, 0.25) is 0 Å². The summed E-state index contributed by atoms with van der Waals surface area (Å²) in [7, 11) is 0. The number of benzene rings is 2. The second-order valence-corrected chi connectivity index (χ2v) is 4.71. The van der Waals surface area contributed by atoms with E-state index < -0.39 is 0 Å². The minimum absolute atomic E-state index is 0.777. The first-order valence-electron chi connectivity index (χ1n) is 4.78. The molecule has 2 aromatic rings. The van der Waals surface area contributed by atoms with Crippen molar-refractivity contribution in [1.82, 2.24) is 0 Å². The molecular formula is C13H9BrCrO. The van der Waals surface area contributed by atoms with Crippen molar-refractivity contribution in [3.8, 4) is 5.75 Å². The predicted octanol–water partition coefficient (Wildman–Crippen LogP) is 3.55. The second kappa shape index (κ2) is 5.45. The van der Waals surface area contributed by atoms with Gasteiger partial charge in [-0.1, -0.05) is 0 Å². The summed E-state index contributed by atoms with van der Waals surface area (Å²) in [5.41, 5.74) is 1.04. The molecule has 0 aliphatic rings. The van der Waals surface area contributed by atoms with Crippen molar-refractivity contribution in [2.45, 2.75) is 0 Å². The molecule has 80 valence electrons. The van der Waals surface area contributed by atoms with Gasteiger partial charge in [0.15, 0.2) is 0 Å². The monoisotopic (exact) mass is 312 g/mol. The average molecular weight is 313 g/mol. The summed E-state index contributed by atoms with van der Waals surface area (Å²) in [6.45, 7) is 0. The Bertz CT molecular complexity index is 496. The Morgan fingerprint density at radius 1 is 1.00 bits per heavy atom. The zero-order valence-corrected chi connectivity index (χ0v) is 11.3. The van der Waals surface area contributed by atoms with Crippen molar-refractivity contribution in [1.29, 1.82) is 0 Å². The van der Waals surface area contributed by atoms with Crippen LogP contribution in [0.1, 0.15) is 5.56 Å². The third-order valence-electron chi connectivity index (χ3n) is 2.02. The van der Waals surface area contributed by atoms with Crippen molar-refractivity contribution in [3.63, 3.8) is 0 Å². The molecule has 2 rings (SSSR count). The predicted molar refractivity (Wildman–Crippen MR) is 65.3 cm³/mol. The Kier molecular flexibility index (Phi) is 3.95. The van der Waals surface area contributed by atoms with Gasteiger partial charge in [-0.15, -0.1) is 0 Å². The molecule has 0 bridgehead atoms. The first kappa shape index (κ1) is 11.6. The van der Waals surface area contributed by atoms with Gasteiger partial charge in [-0.25, -0.2) is 0 Å². The SMILES string of the molecule is [Cr]=[C](Oc1cccc(Br)c1)c1ccccc1. The summed E-state index contributed by atoms with van der Waals surface area (Å²) in [5.74, 6) is 0.812. The summed E-state index contributed by atoms with van der Waals surface area (Å²) >= 11 is 6.35. The summed E-state index contributed by atoms with van der Waals surface area (Å²) in [5, 5.41) is 0. The molecule has 2 aromatic carbocycles. The first-order valence-corrected chi connectivity index (χ1v) is 6.21. The standard InChI is InChI=1S/C13H9BrO.Cr/c14-12-7-4-8-13(9-12)15-10-11-5-2-1-3-6-11;/h1-9H;. The number of halogens is 1. The second-order valence-electron chi connectivity index (χ2n) is 3.21. The van der Waals surface area contributed by atoms with E-state index in [-0.39, 0.29) is 0 Å². The Labute approximate surface area is 111 Å². The molecule has 0 amide bonds. The van der Waals surface area contributed by atoms with Gasteiger partial charge in [0, 0.05) is 0 Å². The van der Waals surface area contributed by atoms with Crippen LogP contribution in [0.4, 0.5) is 0 Å². The minimum atomic E-state index is 0.777. The van der Waals surface area contributed by atoms with E-state index in [1.54, 1.807) is 0 Å². The van der Waals surface area contributed by atoms with Crippen molar-refractivity contribution < 1.29 is 20.6 Å². The Morgan fingerprint density at radius 3 is 2.44 bits per heavy atom. The van der Waals surface area contributed by atoms with E-state index >= 15 is 0 Å². The van der Waals surface area contributed by atoms with E-state index in [0.717, 1.165) is 20.4 Å². The maximum atomic E-state index is 5.71. The normalized spacial score (nSPS) is 9.81. The molecule has 0 radical (unpaired) electrons. The summed E-state index contributed by atoms with van der Waals surface area (Å²) < 4.78 is 7.49. The van der Waals surface area contributed by atoms with Gasteiger partial charge in [0.1, 0.15) is 0 Å². The molecule has 0 N–H and O–H groups in total. The van der Waals surface area contributed by atoms with Gasteiger partial charge in [0.25, 0.3) is 0 Å². The summed E-state index contributed by atoms with van der Waals surface area (Å²) in [6, 6.07) is 17.7. The van der Waals surface area contributed by atoms with Crippen LogP contribution in [-0.4, -0.2) is 4.57 Å². The van der Waals surface area contributed by atoms with Gasteiger partial charge in [0.05, 0.1) is 0 Å². The Balaban J connectivity index is 2.14. The van der Waals surface area contributed by atoms with Crippen molar-refractivity contribution in [2.75, 3.05) is 0 Å². The molecule has 0 aliphatic carbocycles. The first-order chi connectivity index (χ1) is 7.75. The number of hydrogen-bond acceptors (Lipinski definition) is 1. The molecule has 0 unspecified atom stereocenters. The summed E-state index contributed by atoms with van der Waals surface area (Å²) in [6.07, 6.45) is 0. The summed E-state index contributed by atoms with van der Waals surface area (Å²) in [4.78, 5) is 0. The van der Waals surface area contributed by atoms with E-state index in [1.807, 2.05) is 54.6 Å². The van der Waals surface area contributed by atoms with E-state index in [4.69, 9.17) is 4.74 Å². The van der Waals surface area contributed by atoms with Crippen LogP contribution in [0.5, 0.6) is 5.75 Å². The third kappa shape index (κ3) is 3.06. The molecule has 0 atom stereocenters. The van der Waals surface area contributed by atoms with E-state index in [1.165, 1.54) is 0 Å². The van der Waals surface area contributed by atoms with Gasteiger partial charge in [-0.3, -0.25) is 0 Å². The molecule has 0 aromatic heterocycles. The molecule has 0 saturated heterocycles. The van der Waals surface area contributed by atoms with E-state index in [2.05, 4.69) is 31.8 Å². The average Bonchev–Trinajstić information content (AvgIpc) is 2.30. The van der Waals surface area contributed by atoms with Gasteiger partial charge >= 0.3 is 111 Å². The molecule has 3 heteroatoms. The molecular weight excluding hydrogens is 304 g/mol. The van der Waals surface area contributed by atoms with Crippen LogP contribution in [0.3, 0.4) is 0 Å². The number of rotatable bonds is 3. The fourth-order valence-corrected chi connectivity index (χ4v) is 2.01. The van der Waals surface area contributed by atoms with Crippen LogP contribution < -0.4 is 4.74 Å². The van der Waals surface area contributed by atoms with Gasteiger partial charge < -0.3 is 0 Å². The molecule has 0 fully saturated rings. The number of ether oxygens (including phenoxy) is 1. The number of hydrogen-bond donors (Lipinski definition) is 0. The van der Waals surface area contributed by atoms with Crippen LogP contribution in [0.15, 0.2) is 59.1 Å². The molecule has 0 aliphatic heterocycles. The van der Waals surface area contributed by atoms with Crippen molar-refractivity contribution in [2.24, 2.45) is 0 Å². The van der Waals surface area contributed by atoms with Crippen LogP contribution in [0, 0.1) is 0 Å². The molecule has 1 nitrogen and oxygen atoms in total. The van der Waals surface area contributed by atoms with Crippen molar-refractivity contribution in [3.05, 3.63) is 64.6 Å². The zero-order valence-electron chi connectivity index (χ0n) is 8.39. The van der Waals surface area contributed by atoms with Crippen molar-refractivity contribution >= 4 is 20.5 Å². The maximum absolute atomic E-state index is 5.71. The molecule has 0 saturated carbocycles. The van der Waals surface area contributed by atoms with Crippen LogP contribution in [-0.2, 0) is 15.9 Å². The third-order valence-corrected chi connectivity index (χ3v) is 3.01.